The van der Waals surface area contributed by atoms with Crippen LogP contribution in [0.2, 0.25) is 0 Å². The van der Waals surface area contributed by atoms with Gasteiger partial charge in [0.2, 0.25) is 0 Å². The number of ketones is 1. The molecule has 0 saturated carbocycles. The van der Waals surface area contributed by atoms with Crippen molar-refractivity contribution < 1.29 is 9.53 Å². The van der Waals surface area contributed by atoms with Gasteiger partial charge in [0.15, 0.2) is 5.78 Å². The number of rotatable bonds is 4. The van der Waals surface area contributed by atoms with E-state index >= 15 is 0 Å². The maximum atomic E-state index is 12.0. The fourth-order valence-electron chi connectivity index (χ4n) is 1.67. The van der Waals surface area contributed by atoms with E-state index in [1.165, 1.54) is 0 Å². The largest absolute Gasteiger partial charge is 0.496 e. The Bertz CT molecular complexity index is 515. The Hall–Kier alpha value is -1.61. The summed E-state index contributed by atoms with van der Waals surface area (Å²) in [6.07, 6.45) is 0.454. The molecule has 17 heavy (non-hydrogen) atoms. The van der Waals surface area contributed by atoms with Gasteiger partial charge in [-0.3, -0.25) is 4.79 Å². The summed E-state index contributed by atoms with van der Waals surface area (Å²) < 4.78 is 5.22. The lowest BCUT2D eigenvalue weighted by molar-refractivity contribution is 0.0993. The molecule has 1 aromatic carbocycles. The van der Waals surface area contributed by atoms with Gasteiger partial charge in [-0.1, -0.05) is 12.1 Å². The van der Waals surface area contributed by atoms with Crippen molar-refractivity contribution in [2.75, 3.05) is 7.11 Å². The first-order valence-corrected chi connectivity index (χ1v) is 6.34. The van der Waals surface area contributed by atoms with Crippen molar-refractivity contribution in [2.45, 2.75) is 13.3 Å². The van der Waals surface area contributed by atoms with Crippen LogP contribution in [0.25, 0.3) is 0 Å². The van der Waals surface area contributed by atoms with Crippen molar-refractivity contribution in [1.29, 1.82) is 0 Å². The van der Waals surface area contributed by atoms with Crippen molar-refractivity contribution in [2.24, 2.45) is 0 Å². The first kappa shape index (κ1) is 11.9. The van der Waals surface area contributed by atoms with Gasteiger partial charge in [-0.25, -0.2) is 0 Å². The molecular formula is C14H14O2S. The lowest BCUT2D eigenvalue weighted by Gasteiger charge is -2.06. The highest BCUT2D eigenvalue weighted by molar-refractivity contribution is 7.08. The molecule has 88 valence electrons. The summed E-state index contributed by atoms with van der Waals surface area (Å²) in [4.78, 5) is 12.0. The van der Waals surface area contributed by atoms with Crippen LogP contribution in [-0.2, 0) is 6.42 Å². The molecule has 0 aliphatic rings. The average Bonchev–Trinajstić information content (AvgIpc) is 2.82. The van der Waals surface area contributed by atoms with Gasteiger partial charge in [-0.2, -0.15) is 11.3 Å². The maximum Gasteiger partial charge on any atom is 0.167 e. The van der Waals surface area contributed by atoms with Crippen LogP contribution in [0.15, 0.2) is 35.0 Å². The molecule has 0 aliphatic heterocycles. The van der Waals surface area contributed by atoms with Crippen LogP contribution in [0.5, 0.6) is 5.75 Å². The zero-order chi connectivity index (χ0) is 12.3. The van der Waals surface area contributed by atoms with E-state index in [-0.39, 0.29) is 5.78 Å². The van der Waals surface area contributed by atoms with Crippen LogP contribution in [-0.4, -0.2) is 12.9 Å². The Kier molecular flexibility index (Phi) is 3.59. The van der Waals surface area contributed by atoms with Crippen LogP contribution in [0.1, 0.15) is 21.5 Å². The normalized spacial score (nSPS) is 10.2. The molecule has 1 aromatic heterocycles. The fourth-order valence-corrected chi connectivity index (χ4v) is 2.34. The van der Waals surface area contributed by atoms with Gasteiger partial charge in [0.05, 0.1) is 7.11 Å². The number of carbonyl (C=O) groups is 1. The van der Waals surface area contributed by atoms with E-state index in [4.69, 9.17) is 4.74 Å². The highest BCUT2D eigenvalue weighted by Gasteiger charge is 2.09. The molecule has 0 N–H and O–H groups in total. The van der Waals surface area contributed by atoms with E-state index in [0.29, 0.717) is 12.0 Å². The zero-order valence-electron chi connectivity index (χ0n) is 9.90. The second-order valence-electron chi connectivity index (χ2n) is 3.92. The molecule has 0 amide bonds. The van der Waals surface area contributed by atoms with Gasteiger partial charge in [-0.05, 0) is 40.9 Å². The molecule has 1 heterocycles. The van der Waals surface area contributed by atoms with Crippen LogP contribution in [0.4, 0.5) is 0 Å². The molecule has 0 saturated heterocycles. The van der Waals surface area contributed by atoms with Gasteiger partial charge in [0.1, 0.15) is 5.75 Å². The SMILES string of the molecule is COc1cc(C(=O)Cc2ccsc2)ccc1C. The number of hydrogen-bond acceptors (Lipinski definition) is 3. The number of ether oxygens (including phenoxy) is 1. The molecule has 0 aliphatic carbocycles. The van der Waals surface area contributed by atoms with Crippen molar-refractivity contribution in [3.63, 3.8) is 0 Å². The summed E-state index contributed by atoms with van der Waals surface area (Å²) >= 11 is 1.61. The molecule has 0 radical (unpaired) electrons. The van der Waals surface area contributed by atoms with Gasteiger partial charge >= 0.3 is 0 Å². The van der Waals surface area contributed by atoms with Crippen molar-refractivity contribution in [3.05, 3.63) is 51.7 Å². The molecule has 0 atom stereocenters. The van der Waals surface area contributed by atoms with Crippen LogP contribution >= 0.6 is 11.3 Å². The van der Waals surface area contributed by atoms with Gasteiger partial charge < -0.3 is 4.74 Å². The third-order valence-electron chi connectivity index (χ3n) is 2.67. The molecule has 0 unspecified atom stereocenters. The van der Waals surface area contributed by atoms with E-state index < -0.39 is 0 Å². The van der Waals surface area contributed by atoms with Crippen molar-refractivity contribution in [1.82, 2.24) is 0 Å². The Morgan fingerprint density at radius 1 is 1.35 bits per heavy atom. The second kappa shape index (κ2) is 5.15. The van der Waals surface area contributed by atoms with Crippen molar-refractivity contribution in [3.8, 4) is 5.75 Å². The van der Waals surface area contributed by atoms with Gasteiger partial charge in [0.25, 0.3) is 0 Å². The number of Topliss-reactive ketones (excluding diaryl/α,β-unsaturated/α-hetero) is 1. The molecular weight excluding hydrogens is 232 g/mol. The molecule has 0 bridgehead atoms. The van der Waals surface area contributed by atoms with Crippen molar-refractivity contribution >= 4 is 17.1 Å². The maximum absolute atomic E-state index is 12.0. The number of aryl methyl sites for hydroxylation is 1. The summed E-state index contributed by atoms with van der Waals surface area (Å²) in [7, 11) is 1.62. The topological polar surface area (TPSA) is 26.3 Å². The van der Waals surface area contributed by atoms with Crippen LogP contribution < -0.4 is 4.74 Å². The zero-order valence-corrected chi connectivity index (χ0v) is 10.7. The van der Waals surface area contributed by atoms with Gasteiger partial charge in [0, 0.05) is 12.0 Å². The predicted octanol–water partition coefficient (Wildman–Crippen LogP) is 3.49. The minimum absolute atomic E-state index is 0.127. The number of benzene rings is 1. The molecule has 2 aromatic rings. The molecule has 2 rings (SSSR count). The lowest BCUT2D eigenvalue weighted by Crippen LogP contribution is -2.03. The third kappa shape index (κ3) is 2.74. The summed E-state index contributed by atoms with van der Waals surface area (Å²) in [6, 6.07) is 7.56. The minimum Gasteiger partial charge on any atom is -0.496 e. The van der Waals surface area contributed by atoms with E-state index in [1.807, 2.05) is 41.9 Å². The highest BCUT2D eigenvalue weighted by Crippen LogP contribution is 2.20. The molecule has 0 fully saturated rings. The van der Waals surface area contributed by atoms with E-state index in [2.05, 4.69) is 0 Å². The monoisotopic (exact) mass is 246 g/mol. The highest BCUT2D eigenvalue weighted by atomic mass is 32.1. The van der Waals surface area contributed by atoms with Gasteiger partial charge in [-0.15, -0.1) is 0 Å². The average molecular weight is 246 g/mol. The first-order chi connectivity index (χ1) is 8.20. The minimum atomic E-state index is 0.127. The van der Waals surface area contributed by atoms with Crippen LogP contribution in [0.3, 0.4) is 0 Å². The predicted molar refractivity (Wildman–Crippen MR) is 70.1 cm³/mol. The summed E-state index contributed by atoms with van der Waals surface area (Å²) in [6.45, 7) is 1.96. The quantitative estimate of drug-likeness (QED) is 0.772. The number of hydrogen-bond donors (Lipinski definition) is 0. The summed E-state index contributed by atoms with van der Waals surface area (Å²) in [5.74, 6) is 0.892. The Morgan fingerprint density at radius 2 is 2.18 bits per heavy atom. The number of carbonyl (C=O) groups excluding carboxylic acids is 1. The number of methoxy groups -OCH3 is 1. The van der Waals surface area contributed by atoms with E-state index in [0.717, 1.165) is 16.9 Å². The summed E-state index contributed by atoms with van der Waals surface area (Å²) in [5, 5.41) is 3.99. The second-order valence-corrected chi connectivity index (χ2v) is 4.70. The molecule has 2 nitrogen and oxygen atoms in total. The summed E-state index contributed by atoms with van der Waals surface area (Å²) in [5.41, 5.74) is 2.82. The van der Waals surface area contributed by atoms with E-state index in [9.17, 15) is 4.79 Å². The number of thiophene rings is 1. The third-order valence-corrected chi connectivity index (χ3v) is 3.41. The standard InChI is InChI=1S/C14H14O2S/c1-10-3-4-12(8-14(10)16-2)13(15)7-11-5-6-17-9-11/h3-6,8-9H,7H2,1-2H3. The Balaban J connectivity index is 2.19. The van der Waals surface area contributed by atoms with E-state index in [1.54, 1.807) is 18.4 Å². The Labute approximate surface area is 105 Å². The first-order valence-electron chi connectivity index (χ1n) is 5.39. The molecule has 0 spiro atoms. The fraction of sp³-hybridized carbons (Fsp3) is 0.214. The molecule has 3 heteroatoms. The van der Waals surface area contributed by atoms with Crippen LogP contribution in [0, 0.1) is 6.92 Å². The Morgan fingerprint density at radius 3 is 2.82 bits per heavy atom. The lowest BCUT2D eigenvalue weighted by atomic mass is 10.0. The smallest absolute Gasteiger partial charge is 0.167 e.